The number of halogens is 1. The summed E-state index contributed by atoms with van der Waals surface area (Å²) in [5, 5.41) is 2.98. The minimum absolute atomic E-state index is 0.652. The summed E-state index contributed by atoms with van der Waals surface area (Å²) >= 11 is 3.38. The Kier molecular flexibility index (Phi) is 4.62. The van der Waals surface area contributed by atoms with Crippen LogP contribution in [-0.4, -0.2) is 23.6 Å². The molecule has 1 atom stereocenters. The third-order valence-corrected chi connectivity index (χ3v) is 3.99. The van der Waals surface area contributed by atoms with E-state index >= 15 is 0 Å². The fraction of sp³-hybridized carbons (Fsp3) is 0.333. The van der Waals surface area contributed by atoms with Crippen LogP contribution in [0, 0.1) is 0 Å². The second-order valence-electron chi connectivity index (χ2n) is 2.58. The minimum atomic E-state index is -0.904. The fourth-order valence-electron chi connectivity index (χ4n) is 0.934. The molecule has 1 rings (SSSR count). The van der Waals surface area contributed by atoms with E-state index in [0.29, 0.717) is 5.75 Å². The highest BCUT2D eigenvalue weighted by Gasteiger charge is 2.05. The van der Waals surface area contributed by atoms with Crippen molar-refractivity contribution in [2.45, 2.75) is 4.90 Å². The number of hydrogen-bond donors (Lipinski definition) is 1. The standard InChI is InChI=1S/C9H12BrNOS/c1-11-6-7-13(12)9-5-3-2-4-8(9)10/h2-5,11H,6-7H2,1H3. The Bertz CT molecular complexity index is 303. The van der Waals surface area contributed by atoms with Gasteiger partial charge < -0.3 is 5.32 Å². The molecule has 0 heterocycles. The van der Waals surface area contributed by atoms with Crippen LogP contribution in [0.1, 0.15) is 0 Å². The lowest BCUT2D eigenvalue weighted by Crippen LogP contribution is -2.15. The quantitative estimate of drug-likeness (QED) is 0.896. The molecule has 0 aliphatic rings. The fourth-order valence-corrected chi connectivity index (χ4v) is 2.89. The molecule has 0 fully saturated rings. The summed E-state index contributed by atoms with van der Waals surface area (Å²) in [4.78, 5) is 0.873. The Hall–Kier alpha value is -0.190. The van der Waals surface area contributed by atoms with Gasteiger partial charge in [-0.1, -0.05) is 12.1 Å². The summed E-state index contributed by atoms with van der Waals surface area (Å²) in [7, 11) is 0.954. The van der Waals surface area contributed by atoms with Crippen LogP contribution in [-0.2, 0) is 10.8 Å². The molecule has 0 saturated carbocycles. The summed E-state index contributed by atoms with van der Waals surface area (Å²) in [6.45, 7) is 0.772. The monoisotopic (exact) mass is 261 g/mol. The van der Waals surface area contributed by atoms with Crippen LogP contribution in [0.2, 0.25) is 0 Å². The first-order valence-corrected chi connectivity index (χ1v) is 6.14. The van der Waals surface area contributed by atoms with E-state index in [-0.39, 0.29) is 0 Å². The molecule has 0 spiro atoms. The molecular formula is C9H12BrNOS. The number of hydrogen-bond acceptors (Lipinski definition) is 2. The van der Waals surface area contributed by atoms with Crippen molar-refractivity contribution < 1.29 is 4.21 Å². The van der Waals surface area contributed by atoms with Crippen LogP contribution >= 0.6 is 15.9 Å². The molecule has 0 aromatic heterocycles. The van der Waals surface area contributed by atoms with Gasteiger partial charge in [0.2, 0.25) is 0 Å². The van der Waals surface area contributed by atoms with E-state index < -0.39 is 10.8 Å². The largest absolute Gasteiger partial charge is 0.319 e. The molecule has 0 amide bonds. The van der Waals surface area contributed by atoms with Gasteiger partial charge in [-0.15, -0.1) is 0 Å². The summed E-state index contributed by atoms with van der Waals surface area (Å²) in [5.41, 5.74) is 0. The van der Waals surface area contributed by atoms with Gasteiger partial charge in [0.1, 0.15) is 0 Å². The predicted molar refractivity (Wildman–Crippen MR) is 59.3 cm³/mol. The Balaban J connectivity index is 2.71. The molecule has 1 N–H and O–H groups in total. The lowest BCUT2D eigenvalue weighted by Gasteiger charge is -2.03. The molecule has 0 radical (unpaired) electrons. The first-order valence-electron chi connectivity index (χ1n) is 4.03. The molecule has 0 aliphatic carbocycles. The Morgan fingerprint density at radius 2 is 2.15 bits per heavy atom. The van der Waals surface area contributed by atoms with Gasteiger partial charge in [0.25, 0.3) is 0 Å². The molecule has 4 heteroatoms. The van der Waals surface area contributed by atoms with E-state index in [1.807, 2.05) is 31.3 Å². The maximum atomic E-state index is 11.7. The number of rotatable bonds is 4. The van der Waals surface area contributed by atoms with Crippen molar-refractivity contribution in [3.8, 4) is 0 Å². The molecular weight excluding hydrogens is 250 g/mol. The van der Waals surface area contributed by atoms with Crippen molar-refractivity contribution >= 4 is 26.7 Å². The third kappa shape index (κ3) is 3.21. The number of benzene rings is 1. The van der Waals surface area contributed by atoms with Gasteiger partial charge in [-0.05, 0) is 35.1 Å². The van der Waals surface area contributed by atoms with Gasteiger partial charge in [-0.2, -0.15) is 0 Å². The summed E-state index contributed by atoms with van der Waals surface area (Å²) in [6.07, 6.45) is 0. The average Bonchev–Trinajstić information content (AvgIpc) is 2.15. The normalized spacial score (nSPS) is 12.8. The highest BCUT2D eigenvalue weighted by molar-refractivity contribution is 9.10. The zero-order valence-corrected chi connectivity index (χ0v) is 9.82. The van der Waals surface area contributed by atoms with E-state index in [1.165, 1.54) is 0 Å². The van der Waals surface area contributed by atoms with Crippen LogP contribution in [0.4, 0.5) is 0 Å². The topological polar surface area (TPSA) is 29.1 Å². The SMILES string of the molecule is CNCCS(=O)c1ccccc1Br. The van der Waals surface area contributed by atoms with Gasteiger partial charge in [0.15, 0.2) is 0 Å². The lowest BCUT2D eigenvalue weighted by molar-refractivity contribution is 0.680. The van der Waals surface area contributed by atoms with Gasteiger partial charge >= 0.3 is 0 Å². The van der Waals surface area contributed by atoms with E-state index in [0.717, 1.165) is 15.9 Å². The first kappa shape index (κ1) is 10.9. The predicted octanol–water partition coefficient (Wildman–Crippen LogP) is 1.78. The van der Waals surface area contributed by atoms with Crippen LogP contribution in [0.3, 0.4) is 0 Å². The molecule has 2 nitrogen and oxygen atoms in total. The zero-order chi connectivity index (χ0) is 9.68. The van der Waals surface area contributed by atoms with Crippen molar-refractivity contribution in [2.24, 2.45) is 0 Å². The second kappa shape index (κ2) is 5.52. The molecule has 1 unspecified atom stereocenters. The highest BCUT2D eigenvalue weighted by atomic mass is 79.9. The van der Waals surface area contributed by atoms with Gasteiger partial charge in [-0.25, -0.2) is 0 Å². The van der Waals surface area contributed by atoms with Gasteiger partial charge in [-0.3, -0.25) is 4.21 Å². The third-order valence-electron chi connectivity index (χ3n) is 1.62. The molecule has 1 aromatic rings. The molecule has 13 heavy (non-hydrogen) atoms. The minimum Gasteiger partial charge on any atom is -0.319 e. The second-order valence-corrected chi connectivity index (χ2v) is 4.98. The van der Waals surface area contributed by atoms with E-state index in [9.17, 15) is 4.21 Å². The Morgan fingerprint density at radius 3 is 2.77 bits per heavy atom. The van der Waals surface area contributed by atoms with Crippen molar-refractivity contribution in [1.82, 2.24) is 5.32 Å². The first-order chi connectivity index (χ1) is 6.25. The Labute approximate surface area is 89.3 Å². The maximum Gasteiger partial charge on any atom is 0.0553 e. The molecule has 0 saturated heterocycles. The summed E-state index contributed by atoms with van der Waals surface area (Å²) < 4.78 is 12.6. The van der Waals surface area contributed by atoms with Gasteiger partial charge in [0.05, 0.1) is 15.7 Å². The lowest BCUT2D eigenvalue weighted by atomic mass is 10.4. The Morgan fingerprint density at radius 1 is 1.46 bits per heavy atom. The van der Waals surface area contributed by atoms with Crippen molar-refractivity contribution in [3.63, 3.8) is 0 Å². The van der Waals surface area contributed by atoms with Crippen molar-refractivity contribution in [1.29, 1.82) is 0 Å². The van der Waals surface area contributed by atoms with Crippen LogP contribution in [0.15, 0.2) is 33.6 Å². The van der Waals surface area contributed by atoms with Crippen LogP contribution in [0.25, 0.3) is 0 Å². The van der Waals surface area contributed by atoms with Crippen molar-refractivity contribution in [2.75, 3.05) is 19.3 Å². The summed E-state index contributed by atoms with van der Waals surface area (Å²) in [6, 6.07) is 7.61. The van der Waals surface area contributed by atoms with E-state index in [2.05, 4.69) is 21.2 Å². The zero-order valence-electron chi connectivity index (χ0n) is 7.42. The molecule has 72 valence electrons. The maximum absolute atomic E-state index is 11.7. The van der Waals surface area contributed by atoms with Gasteiger partial charge in [0, 0.05) is 16.8 Å². The smallest absolute Gasteiger partial charge is 0.0553 e. The van der Waals surface area contributed by atoms with E-state index in [1.54, 1.807) is 0 Å². The summed E-state index contributed by atoms with van der Waals surface area (Å²) in [5.74, 6) is 0.652. The van der Waals surface area contributed by atoms with Crippen LogP contribution < -0.4 is 5.32 Å². The molecule has 0 bridgehead atoms. The van der Waals surface area contributed by atoms with Crippen LogP contribution in [0.5, 0.6) is 0 Å². The average molecular weight is 262 g/mol. The molecule has 1 aromatic carbocycles. The molecule has 0 aliphatic heterocycles. The highest BCUT2D eigenvalue weighted by Crippen LogP contribution is 2.19. The van der Waals surface area contributed by atoms with Crippen molar-refractivity contribution in [3.05, 3.63) is 28.7 Å². The van der Waals surface area contributed by atoms with E-state index in [4.69, 9.17) is 0 Å². The number of nitrogens with one attached hydrogen (secondary N) is 1.